The fourth-order valence-corrected chi connectivity index (χ4v) is 5.04. The zero-order chi connectivity index (χ0) is 24.2. The molecular formula is C28H30N4O3. The quantitative estimate of drug-likeness (QED) is 0.372. The minimum atomic E-state index is -0.886. The van der Waals surface area contributed by atoms with Crippen LogP contribution in [0.3, 0.4) is 0 Å². The predicted octanol–water partition coefficient (Wildman–Crippen LogP) is 4.95. The van der Waals surface area contributed by atoms with E-state index in [1.54, 1.807) is 19.4 Å². The standard InChI is InChI=1S/C28H30N4O3/c1-35-27-15-13-21(17-29-27)26(16-28(33)34)32-25-11-5-8-19(23(25)18-30-32)7-4-9-22-14-12-20-6-2-3-10-24(20)31-22/h5,8,11-15,17-18,26H,2-4,6-7,9-10,16H2,1H3,(H,33,34). The molecular weight excluding hydrogens is 440 g/mol. The van der Waals surface area contributed by atoms with Crippen LogP contribution in [0.4, 0.5) is 0 Å². The molecule has 1 atom stereocenters. The van der Waals surface area contributed by atoms with Crippen LogP contribution < -0.4 is 4.74 Å². The van der Waals surface area contributed by atoms with Crippen molar-refractivity contribution in [2.45, 2.75) is 57.4 Å². The Hall–Kier alpha value is -3.74. The van der Waals surface area contributed by atoms with Crippen LogP contribution in [0.15, 0.2) is 54.9 Å². The molecule has 0 saturated heterocycles. The van der Waals surface area contributed by atoms with E-state index in [-0.39, 0.29) is 6.42 Å². The number of rotatable bonds is 9. The third-order valence-corrected chi connectivity index (χ3v) is 6.86. The van der Waals surface area contributed by atoms with Gasteiger partial charge in [0, 0.05) is 29.0 Å². The summed E-state index contributed by atoms with van der Waals surface area (Å²) in [6.45, 7) is 0. The summed E-state index contributed by atoms with van der Waals surface area (Å²) in [5.41, 5.74) is 6.80. The van der Waals surface area contributed by atoms with Gasteiger partial charge in [-0.05, 0) is 79.8 Å². The zero-order valence-electron chi connectivity index (χ0n) is 20.0. The summed E-state index contributed by atoms with van der Waals surface area (Å²) >= 11 is 0. The van der Waals surface area contributed by atoms with Gasteiger partial charge in [-0.2, -0.15) is 5.10 Å². The van der Waals surface area contributed by atoms with Gasteiger partial charge in [0.25, 0.3) is 0 Å². The first-order valence-corrected chi connectivity index (χ1v) is 12.3. The Morgan fingerprint density at radius 3 is 2.77 bits per heavy atom. The normalized spacial score (nSPS) is 14.0. The molecule has 0 saturated carbocycles. The molecule has 1 unspecified atom stereocenters. The van der Waals surface area contributed by atoms with E-state index in [0.717, 1.165) is 48.6 Å². The summed E-state index contributed by atoms with van der Waals surface area (Å²) in [4.78, 5) is 20.9. The molecule has 7 nitrogen and oxygen atoms in total. The number of ether oxygens (including phenoxy) is 1. The molecule has 1 aliphatic carbocycles. The monoisotopic (exact) mass is 470 g/mol. The van der Waals surface area contributed by atoms with E-state index in [2.05, 4.69) is 28.3 Å². The Balaban J connectivity index is 1.36. The number of aryl methyl sites for hydroxylation is 4. The second kappa shape index (κ2) is 10.3. The van der Waals surface area contributed by atoms with Crippen molar-refractivity contribution < 1.29 is 14.6 Å². The summed E-state index contributed by atoms with van der Waals surface area (Å²) in [6, 6.07) is 13.7. The number of carbonyl (C=O) groups is 1. The van der Waals surface area contributed by atoms with E-state index in [4.69, 9.17) is 9.72 Å². The lowest BCUT2D eigenvalue weighted by Crippen LogP contribution is -2.16. The van der Waals surface area contributed by atoms with Gasteiger partial charge in [0.1, 0.15) is 0 Å². The molecule has 0 fully saturated rings. The number of methoxy groups -OCH3 is 1. The van der Waals surface area contributed by atoms with Crippen LogP contribution >= 0.6 is 0 Å². The number of fused-ring (bicyclic) bond motifs is 2. The summed E-state index contributed by atoms with van der Waals surface area (Å²) in [5.74, 6) is -0.396. The molecule has 180 valence electrons. The van der Waals surface area contributed by atoms with E-state index in [1.807, 2.05) is 29.1 Å². The van der Waals surface area contributed by atoms with Gasteiger partial charge < -0.3 is 9.84 Å². The van der Waals surface area contributed by atoms with Crippen molar-refractivity contribution in [3.8, 4) is 5.88 Å². The Morgan fingerprint density at radius 2 is 1.97 bits per heavy atom. The molecule has 7 heteroatoms. The van der Waals surface area contributed by atoms with Crippen molar-refractivity contribution in [1.29, 1.82) is 0 Å². The van der Waals surface area contributed by atoms with Gasteiger partial charge >= 0.3 is 5.97 Å². The second-order valence-electron chi connectivity index (χ2n) is 9.16. The van der Waals surface area contributed by atoms with Crippen LogP contribution in [0.5, 0.6) is 5.88 Å². The Bertz CT molecular complexity index is 1330. The van der Waals surface area contributed by atoms with Crippen LogP contribution in [0.2, 0.25) is 0 Å². The number of hydrogen-bond donors (Lipinski definition) is 1. The summed E-state index contributed by atoms with van der Waals surface area (Å²) in [7, 11) is 1.56. The van der Waals surface area contributed by atoms with Crippen molar-refractivity contribution in [2.24, 2.45) is 0 Å². The molecule has 0 bridgehead atoms. The van der Waals surface area contributed by atoms with Gasteiger partial charge in [-0.3, -0.25) is 14.5 Å². The molecule has 0 radical (unpaired) electrons. The highest BCUT2D eigenvalue weighted by molar-refractivity contribution is 5.83. The van der Waals surface area contributed by atoms with E-state index >= 15 is 0 Å². The maximum atomic E-state index is 11.7. The van der Waals surface area contributed by atoms with E-state index < -0.39 is 12.0 Å². The number of nitrogens with zero attached hydrogens (tertiary/aromatic N) is 4. The molecule has 0 amide bonds. The van der Waals surface area contributed by atoms with Crippen molar-refractivity contribution in [3.05, 3.63) is 82.9 Å². The smallest absolute Gasteiger partial charge is 0.305 e. The molecule has 0 aliphatic heterocycles. The number of aliphatic carboxylic acids is 1. The highest BCUT2D eigenvalue weighted by Gasteiger charge is 2.22. The summed E-state index contributed by atoms with van der Waals surface area (Å²) < 4.78 is 6.96. The molecule has 35 heavy (non-hydrogen) atoms. The first-order chi connectivity index (χ1) is 17.1. The van der Waals surface area contributed by atoms with Crippen LogP contribution in [0, 0.1) is 0 Å². The highest BCUT2D eigenvalue weighted by Crippen LogP contribution is 2.29. The SMILES string of the molecule is COc1ccc(C(CC(=O)O)n2ncc3c(CCCc4ccc5c(n4)CCCC5)cccc32)cn1. The number of hydrogen-bond acceptors (Lipinski definition) is 5. The van der Waals surface area contributed by atoms with E-state index in [9.17, 15) is 9.90 Å². The summed E-state index contributed by atoms with van der Waals surface area (Å²) in [6.07, 6.45) is 11.1. The predicted molar refractivity (Wildman–Crippen MR) is 134 cm³/mol. The topological polar surface area (TPSA) is 90.1 Å². The maximum Gasteiger partial charge on any atom is 0.305 e. The third kappa shape index (κ3) is 5.04. The lowest BCUT2D eigenvalue weighted by atomic mass is 9.95. The molecule has 1 aliphatic rings. The first-order valence-electron chi connectivity index (χ1n) is 12.3. The van der Waals surface area contributed by atoms with E-state index in [1.165, 1.54) is 35.4 Å². The molecule has 5 rings (SSSR count). The second-order valence-corrected chi connectivity index (χ2v) is 9.16. The van der Waals surface area contributed by atoms with Crippen LogP contribution in [0.25, 0.3) is 10.9 Å². The van der Waals surface area contributed by atoms with Gasteiger partial charge in [0.2, 0.25) is 5.88 Å². The van der Waals surface area contributed by atoms with Crippen molar-refractivity contribution >= 4 is 16.9 Å². The Labute approximate surface area is 204 Å². The van der Waals surface area contributed by atoms with Crippen molar-refractivity contribution in [2.75, 3.05) is 7.11 Å². The number of aromatic nitrogens is 4. The molecule has 1 aromatic carbocycles. The van der Waals surface area contributed by atoms with Gasteiger partial charge in [0.05, 0.1) is 31.3 Å². The average Bonchev–Trinajstić information content (AvgIpc) is 3.32. The van der Waals surface area contributed by atoms with Crippen LogP contribution in [0.1, 0.15) is 59.8 Å². The van der Waals surface area contributed by atoms with Gasteiger partial charge in [0.15, 0.2) is 0 Å². The zero-order valence-corrected chi connectivity index (χ0v) is 20.0. The first kappa shape index (κ1) is 23.0. The van der Waals surface area contributed by atoms with Gasteiger partial charge in [-0.15, -0.1) is 0 Å². The molecule has 3 heterocycles. The fourth-order valence-electron chi connectivity index (χ4n) is 5.04. The van der Waals surface area contributed by atoms with Crippen molar-refractivity contribution in [1.82, 2.24) is 19.7 Å². The number of carboxylic acid groups (broad SMARTS) is 1. The van der Waals surface area contributed by atoms with E-state index in [0.29, 0.717) is 5.88 Å². The number of carboxylic acids is 1. The molecule has 1 N–H and O–H groups in total. The average molecular weight is 471 g/mol. The molecule has 3 aromatic heterocycles. The Morgan fingerprint density at radius 1 is 1.09 bits per heavy atom. The number of pyridine rings is 2. The van der Waals surface area contributed by atoms with Crippen molar-refractivity contribution in [3.63, 3.8) is 0 Å². The maximum absolute atomic E-state index is 11.7. The lowest BCUT2D eigenvalue weighted by Gasteiger charge is -2.17. The fraction of sp³-hybridized carbons (Fsp3) is 0.357. The Kier molecular flexibility index (Phi) is 6.75. The number of benzene rings is 1. The molecule has 0 spiro atoms. The van der Waals surface area contributed by atoms with Crippen LogP contribution in [-0.2, 0) is 30.5 Å². The van der Waals surface area contributed by atoms with Gasteiger partial charge in [-0.1, -0.05) is 18.2 Å². The highest BCUT2D eigenvalue weighted by atomic mass is 16.5. The minimum Gasteiger partial charge on any atom is -0.481 e. The van der Waals surface area contributed by atoms with Gasteiger partial charge in [-0.25, -0.2) is 4.98 Å². The molecule has 4 aromatic rings. The van der Waals surface area contributed by atoms with Crippen LogP contribution in [-0.4, -0.2) is 37.9 Å². The largest absolute Gasteiger partial charge is 0.481 e. The lowest BCUT2D eigenvalue weighted by molar-refractivity contribution is -0.137. The summed E-state index contributed by atoms with van der Waals surface area (Å²) in [5, 5.41) is 15.3. The third-order valence-electron chi connectivity index (χ3n) is 6.86. The minimum absolute atomic E-state index is 0.0843.